The molecule has 0 spiro atoms. The number of hydrogen-bond donors (Lipinski definition) is 2. The zero-order valence-electron chi connectivity index (χ0n) is 11.9. The van der Waals surface area contributed by atoms with Gasteiger partial charge in [-0.05, 0) is 74.5 Å². The number of halogens is 1. The van der Waals surface area contributed by atoms with Gasteiger partial charge < -0.3 is 10.4 Å². The molecule has 2 N–H and O–H groups in total. The highest BCUT2D eigenvalue weighted by Crippen LogP contribution is 2.55. The van der Waals surface area contributed by atoms with Crippen LogP contribution in [0.25, 0.3) is 0 Å². The molecule has 4 fully saturated rings. The highest BCUT2D eigenvalue weighted by molar-refractivity contribution is 6.33. The van der Waals surface area contributed by atoms with Crippen LogP contribution in [0.15, 0.2) is 18.2 Å². The maximum atomic E-state index is 12.6. The third kappa shape index (κ3) is 2.32. The molecule has 4 bridgehead atoms. The van der Waals surface area contributed by atoms with Crippen molar-refractivity contribution in [2.75, 3.05) is 0 Å². The van der Waals surface area contributed by atoms with Crippen LogP contribution in [-0.2, 0) is 0 Å². The third-order valence-corrected chi connectivity index (χ3v) is 5.94. The molecule has 1 aromatic rings. The molecule has 4 heteroatoms. The summed E-state index contributed by atoms with van der Waals surface area (Å²) in [5.41, 5.74) is 0.355. The molecule has 3 nitrogen and oxygen atoms in total. The average Bonchev–Trinajstić information content (AvgIpc) is 2.39. The number of hydrogen-bond acceptors (Lipinski definition) is 2. The van der Waals surface area contributed by atoms with E-state index in [9.17, 15) is 9.90 Å². The Labute approximate surface area is 129 Å². The smallest absolute Gasteiger partial charge is 0.253 e. The molecular weight excluding hydrogens is 286 g/mol. The van der Waals surface area contributed by atoms with E-state index in [-0.39, 0.29) is 17.2 Å². The van der Waals surface area contributed by atoms with Gasteiger partial charge in [0.05, 0.1) is 10.6 Å². The number of nitrogens with one attached hydrogen (secondary N) is 1. The fourth-order valence-electron chi connectivity index (χ4n) is 5.26. The lowest BCUT2D eigenvalue weighted by Crippen LogP contribution is -2.59. The monoisotopic (exact) mass is 305 g/mol. The lowest BCUT2D eigenvalue weighted by Gasteiger charge is -2.56. The molecule has 0 atom stereocenters. The molecule has 4 saturated carbocycles. The van der Waals surface area contributed by atoms with Crippen LogP contribution in [0.4, 0.5) is 0 Å². The number of phenolic OH excluding ortho intramolecular Hbond substituents is 1. The molecule has 21 heavy (non-hydrogen) atoms. The van der Waals surface area contributed by atoms with Gasteiger partial charge in [0.25, 0.3) is 5.91 Å². The minimum absolute atomic E-state index is 0.0272. The van der Waals surface area contributed by atoms with Gasteiger partial charge in [0.15, 0.2) is 0 Å². The van der Waals surface area contributed by atoms with Gasteiger partial charge in [-0.2, -0.15) is 0 Å². The molecule has 5 rings (SSSR count). The largest absolute Gasteiger partial charge is 0.508 e. The van der Waals surface area contributed by atoms with Crippen LogP contribution in [0.5, 0.6) is 5.75 Å². The van der Waals surface area contributed by atoms with E-state index in [1.165, 1.54) is 31.4 Å². The predicted octanol–water partition coefficient (Wildman–Crippen LogP) is 3.74. The van der Waals surface area contributed by atoms with Crippen LogP contribution >= 0.6 is 11.6 Å². The maximum absolute atomic E-state index is 12.6. The lowest BCUT2D eigenvalue weighted by molar-refractivity contribution is -0.0167. The Hall–Kier alpha value is -1.22. The van der Waals surface area contributed by atoms with Gasteiger partial charge in [-0.25, -0.2) is 0 Å². The third-order valence-electron chi connectivity index (χ3n) is 5.61. The molecule has 0 radical (unpaired) electrons. The normalized spacial score (nSPS) is 36.7. The Bertz CT molecular complexity index is 563. The highest BCUT2D eigenvalue weighted by atomic mass is 35.5. The van der Waals surface area contributed by atoms with E-state index in [1.807, 2.05) is 0 Å². The Balaban J connectivity index is 1.58. The van der Waals surface area contributed by atoms with E-state index in [0.29, 0.717) is 10.6 Å². The minimum atomic E-state index is -0.141. The molecule has 0 aromatic heterocycles. The molecule has 0 saturated heterocycles. The second kappa shape index (κ2) is 4.64. The van der Waals surface area contributed by atoms with Gasteiger partial charge in [0.2, 0.25) is 0 Å². The van der Waals surface area contributed by atoms with Crippen molar-refractivity contribution in [1.29, 1.82) is 0 Å². The lowest BCUT2D eigenvalue weighted by atomic mass is 9.53. The van der Waals surface area contributed by atoms with Crippen molar-refractivity contribution in [2.45, 2.75) is 44.1 Å². The standard InChI is InChI=1S/C17H20ClNO2/c18-15-2-1-13(20)6-14(15)16(21)19-17-7-10-3-11(8-17)5-12(4-10)9-17/h1-2,6,10-12,20H,3-5,7-9H2,(H,19,21). The minimum Gasteiger partial charge on any atom is -0.508 e. The summed E-state index contributed by atoms with van der Waals surface area (Å²) in [6, 6.07) is 4.54. The quantitative estimate of drug-likeness (QED) is 0.874. The molecular formula is C17H20ClNO2. The van der Waals surface area contributed by atoms with Crippen molar-refractivity contribution in [3.05, 3.63) is 28.8 Å². The van der Waals surface area contributed by atoms with E-state index >= 15 is 0 Å². The van der Waals surface area contributed by atoms with E-state index < -0.39 is 0 Å². The van der Waals surface area contributed by atoms with Gasteiger partial charge in [-0.1, -0.05) is 11.6 Å². The summed E-state index contributed by atoms with van der Waals surface area (Å²) in [5, 5.41) is 13.2. The van der Waals surface area contributed by atoms with Gasteiger partial charge in [0.1, 0.15) is 5.75 Å². The van der Waals surface area contributed by atoms with Crippen molar-refractivity contribution >= 4 is 17.5 Å². The summed E-state index contributed by atoms with van der Waals surface area (Å²) >= 11 is 6.11. The van der Waals surface area contributed by atoms with Gasteiger partial charge in [0, 0.05) is 5.54 Å². The molecule has 0 unspecified atom stereocenters. The topological polar surface area (TPSA) is 49.3 Å². The summed E-state index contributed by atoms with van der Waals surface area (Å²) < 4.78 is 0. The molecule has 4 aliphatic rings. The number of benzene rings is 1. The number of amides is 1. The van der Waals surface area contributed by atoms with Gasteiger partial charge in [-0.3, -0.25) is 4.79 Å². The van der Waals surface area contributed by atoms with Crippen LogP contribution in [0.1, 0.15) is 48.9 Å². The second-order valence-corrected chi connectivity index (χ2v) is 7.72. The zero-order valence-corrected chi connectivity index (χ0v) is 12.7. The zero-order chi connectivity index (χ0) is 14.6. The number of carbonyl (C=O) groups excluding carboxylic acids is 1. The van der Waals surface area contributed by atoms with Gasteiger partial charge in [-0.15, -0.1) is 0 Å². The summed E-state index contributed by atoms with van der Waals surface area (Å²) in [7, 11) is 0. The van der Waals surface area contributed by atoms with Crippen molar-refractivity contribution in [3.63, 3.8) is 0 Å². The summed E-state index contributed by atoms with van der Waals surface area (Å²) in [5.74, 6) is 2.30. The molecule has 0 heterocycles. The Kier molecular flexibility index (Phi) is 2.97. The number of carbonyl (C=O) groups is 1. The highest BCUT2D eigenvalue weighted by Gasteiger charge is 2.51. The average molecular weight is 306 g/mol. The van der Waals surface area contributed by atoms with Crippen LogP contribution in [0.2, 0.25) is 5.02 Å². The Morgan fingerprint density at radius 3 is 2.29 bits per heavy atom. The van der Waals surface area contributed by atoms with Crippen molar-refractivity contribution < 1.29 is 9.90 Å². The van der Waals surface area contributed by atoms with Crippen molar-refractivity contribution in [3.8, 4) is 5.75 Å². The fraction of sp³-hybridized carbons (Fsp3) is 0.588. The first-order valence-electron chi connectivity index (χ1n) is 7.84. The Morgan fingerprint density at radius 1 is 1.14 bits per heavy atom. The van der Waals surface area contributed by atoms with Crippen LogP contribution < -0.4 is 5.32 Å². The van der Waals surface area contributed by atoms with Crippen molar-refractivity contribution in [1.82, 2.24) is 5.32 Å². The molecule has 0 aliphatic heterocycles. The number of rotatable bonds is 2. The van der Waals surface area contributed by atoms with E-state index in [2.05, 4.69) is 5.32 Å². The van der Waals surface area contributed by atoms with Crippen LogP contribution in [0, 0.1) is 17.8 Å². The van der Waals surface area contributed by atoms with E-state index in [0.717, 1.165) is 37.0 Å². The SMILES string of the molecule is O=C(NC12CC3CC(CC(C3)C1)C2)c1cc(O)ccc1Cl. The molecule has 1 aromatic carbocycles. The van der Waals surface area contributed by atoms with Gasteiger partial charge >= 0.3 is 0 Å². The number of aromatic hydroxyl groups is 1. The Morgan fingerprint density at radius 2 is 1.71 bits per heavy atom. The summed E-state index contributed by atoms with van der Waals surface area (Å²) in [6.07, 6.45) is 7.38. The van der Waals surface area contributed by atoms with Crippen LogP contribution in [-0.4, -0.2) is 16.6 Å². The summed E-state index contributed by atoms with van der Waals surface area (Å²) in [6.45, 7) is 0. The number of phenols is 1. The van der Waals surface area contributed by atoms with Crippen LogP contribution in [0.3, 0.4) is 0 Å². The fourth-order valence-corrected chi connectivity index (χ4v) is 5.46. The predicted molar refractivity (Wildman–Crippen MR) is 81.5 cm³/mol. The van der Waals surface area contributed by atoms with E-state index in [4.69, 9.17) is 11.6 Å². The molecule has 1 amide bonds. The molecule has 112 valence electrons. The first-order valence-corrected chi connectivity index (χ1v) is 8.22. The maximum Gasteiger partial charge on any atom is 0.253 e. The summed E-state index contributed by atoms with van der Waals surface area (Å²) in [4.78, 5) is 12.6. The van der Waals surface area contributed by atoms with Crippen molar-refractivity contribution in [2.24, 2.45) is 17.8 Å². The first kappa shape index (κ1) is 13.4. The molecule has 4 aliphatic carbocycles. The first-order chi connectivity index (χ1) is 10.0. The van der Waals surface area contributed by atoms with E-state index in [1.54, 1.807) is 6.07 Å². The second-order valence-electron chi connectivity index (χ2n) is 7.32.